The highest BCUT2D eigenvalue weighted by molar-refractivity contribution is 7.13. The molecule has 0 saturated heterocycles. The van der Waals surface area contributed by atoms with Gasteiger partial charge < -0.3 is 9.80 Å². The molecular weight excluding hydrogens is 390 g/mol. The molecule has 0 fully saturated rings. The Hall–Kier alpha value is -3.60. The van der Waals surface area contributed by atoms with Crippen LogP contribution in [0.1, 0.15) is 13.3 Å². The first kappa shape index (κ1) is 17.5. The zero-order chi connectivity index (χ0) is 20.0. The molecule has 10 nitrogen and oxygen atoms in total. The first-order valence-corrected chi connectivity index (χ1v) is 9.93. The van der Waals surface area contributed by atoms with E-state index in [9.17, 15) is 4.79 Å². The van der Waals surface area contributed by atoms with Crippen LogP contribution in [0, 0.1) is 0 Å². The van der Waals surface area contributed by atoms with Crippen molar-refractivity contribution in [2.45, 2.75) is 19.4 Å². The van der Waals surface area contributed by atoms with Crippen molar-refractivity contribution in [2.24, 2.45) is 0 Å². The number of amides is 1. The molecule has 1 aliphatic rings. The van der Waals surface area contributed by atoms with Crippen LogP contribution in [0.3, 0.4) is 0 Å². The number of carbonyl (C=O) groups excluding carboxylic acids is 1. The average Bonchev–Trinajstić information content (AvgIpc) is 3.51. The maximum atomic E-state index is 12.9. The van der Waals surface area contributed by atoms with Gasteiger partial charge in [-0.1, -0.05) is 6.92 Å². The summed E-state index contributed by atoms with van der Waals surface area (Å²) in [6, 6.07) is -0.379. The van der Waals surface area contributed by atoms with E-state index < -0.39 is 0 Å². The Morgan fingerprint density at radius 2 is 2.10 bits per heavy atom. The molecule has 4 aromatic heterocycles. The topological polar surface area (TPSA) is 120 Å². The second-order valence-electron chi connectivity index (χ2n) is 6.55. The van der Waals surface area contributed by atoms with Gasteiger partial charge in [0.2, 0.25) is 5.91 Å². The molecule has 29 heavy (non-hydrogen) atoms. The molecule has 2 N–H and O–H groups in total. The molecular formula is C18H17N9OS. The zero-order valence-corrected chi connectivity index (χ0v) is 16.5. The van der Waals surface area contributed by atoms with Crippen LogP contribution in [0.25, 0.3) is 22.1 Å². The van der Waals surface area contributed by atoms with Gasteiger partial charge in [-0.05, 0) is 6.42 Å². The van der Waals surface area contributed by atoms with Gasteiger partial charge in [0, 0.05) is 24.8 Å². The van der Waals surface area contributed by atoms with Gasteiger partial charge in [-0.25, -0.2) is 15.0 Å². The molecule has 5 heterocycles. The lowest BCUT2D eigenvalue weighted by molar-refractivity contribution is -0.119. The normalized spacial score (nSPS) is 16.3. The Balaban J connectivity index is 1.68. The maximum Gasteiger partial charge on any atom is 0.250 e. The summed E-state index contributed by atoms with van der Waals surface area (Å²) in [5.74, 6) is 1.15. The summed E-state index contributed by atoms with van der Waals surface area (Å²) < 4.78 is 0. The molecule has 0 unspecified atom stereocenters. The van der Waals surface area contributed by atoms with E-state index in [0.29, 0.717) is 23.8 Å². The number of carbonyl (C=O) groups is 1. The quantitative estimate of drug-likeness (QED) is 0.533. The van der Waals surface area contributed by atoms with E-state index in [0.717, 1.165) is 22.0 Å². The van der Waals surface area contributed by atoms with Gasteiger partial charge in [-0.3, -0.25) is 15.0 Å². The molecule has 0 aliphatic carbocycles. The third kappa shape index (κ3) is 2.70. The minimum atomic E-state index is -0.379. The van der Waals surface area contributed by atoms with E-state index in [1.807, 2.05) is 17.2 Å². The van der Waals surface area contributed by atoms with E-state index in [1.165, 1.54) is 11.3 Å². The number of hydrogen-bond acceptors (Lipinski definition) is 8. The number of anilines is 3. The number of fused-ring (bicyclic) bond motifs is 1. The van der Waals surface area contributed by atoms with Gasteiger partial charge >= 0.3 is 0 Å². The third-order valence-corrected chi connectivity index (χ3v) is 5.73. The summed E-state index contributed by atoms with van der Waals surface area (Å²) in [6.45, 7) is 1.98. The maximum absolute atomic E-state index is 12.9. The Morgan fingerprint density at radius 1 is 1.21 bits per heavy atom. The Morgan fingerprint density at radius 3 is 2.83 bits per heavy atom. The molecule has 0 aromatic carbocycles. The van der Waals surface area contributed by atoms with Crippen LogP contribution in [0.4, 0.5) is 17.2 Å². The molecule has 5 rings (SSSR count). The van der Waals surface area contributed by atoms with Crippen molar-refractivity contribution in [3.05, 3.63) is 36.4 Å². The molecule has 4 aromatic rings. The monoisotopic (exact) mass is 407 g/mol. The molecule has 1 amide bonds. The molecule has 1 atom stereocenters. The number of nitrogens with one attached hydrogen (secondary N) is 2. The van der Waals surface area contributed by atoms with Crippen molar-refractivity contribution in [1.82, 2.24) is 35.3 Å². The highest BCUT2D eigenvalue weighted by atomic mass is 32.1. The van der Waals surface area contributed by atoms with Crippen LogP contribution in [-0.2, 0) is 4.79 Å². The largest absolute Gasteiger partial charge is 0.309 e. The lowest BCUT2D eigenvalue weighted by Crippen LogP contribution is -2.50. The van der Waals surface area contributed by atoms with Gasteiger partial charge in [0.05, 0.1) is 29.8 Å². The molecule has 1 aliphatic heterocycles. The fourth-order valence-corrected chi connectivity index (χ4v) is 4.16. The fourth-order valence-electron chi connectivity index (χ4n) is 3.51. The molecule has 0 bridgehead atoms. The standard InChI is InChI=1S/C18H17N9OS/c1-3-12-18(28)26(2)13-9-20-15(24-16(13)27(12)10-6-21-22-7-10)11-8-23-25-14(11)17-19-4-5-29-17/h4-9,12H,3H2,1-2H3,(H,21,22)(H,23,25)/t12-/m0/s1. The number of aromatic nitrogens is 7. The molecule has 0 saturated carbocycles. The van der Waals surface area contributed by atoms with Crippen LogP contribution >= 0.6 is 11.3 Å². The summed E-state index contributed by atoms with van der Waals surface area (Å²) in [4.78, 5) is 30.2. The predicted molar refractivity (Wildman–Crippen MR) is 109 cm³/mol. The third-order valence-electron chi connectivity index (χ3n) is 4.94. The van der Waals surface area contributed by atoms with Gasteiger partial charge in [0.1, 0.15) is 22.4 Å². The number of thiazole rings is 1. The highest BCUT2D eigenvalue weighted by Crippen LogP contribution is 2.40. The molecule has 0 spiro atoms. The first-order chi connectivity index (χ1) is 14.2. The van der Waals surface area contributed by atoms with Gasteiger partial charge in [-0.2, -0.15) is 10.2 Å². The zero-order valence-electron chi connectivity index (χ0n) is 15.7. The summed E-state index contributed by atoms with van der Waals surface area (Å²) in [5.41, 5.74) is 2.94. The Bertz CT molecular complexity index is 1150. The van der Waals surface area contributed by atoms with Gasteiger partial charge in [-0.15, -0.1) is 11.3 Å². The number of hydrogen-bond donors (Lipinski definition) is 2. The molecule has 146 valence electrons. The van der Waals surface area contributed by atoms with Crippen LogP contribution in [0.15, 0.2) is 36.4 Å². The molecule has 11 heteroatoms. The SMILES string of the molecule is CC[C@H]1C(=O)N(C)c2cnc(-c3cn[nH]c3-c3nccs3)nc2N1c1cn[nH]c1. The highest BCUT2D eigenvalue weighted by Gasteiger charge is 2.38. The number of rotatable bonds is 4. The van der Waals surface area contributed by atoms with E-state index in [1.54, 1.807) is 42.9 Å². The minimum Gasteiger partial charge on any atom is -0.309 e. The second-order valence-corrected chi connectivity index (χ2v) is 7.44. The average molecular weight is 407 g/mol. The number of aromatic amines is 2. The Kier molecular flexibility index (Phi) is 4.09. The second kappa shape index (κ2) is 6.78. The molecule has 0 radical (unpaired) electrons. The number of likely N-dealkylation sites (N-methyl/N-ethyl adjacent to an activating group) is 1. The van der Waals surface area contributed by atoms with Crippen molar-refractivity contribution in [2.75, 3.05) is 16.8 Å². The van der Waals surface area contributed by atoms with E-state index in [-0.39, 0.29) is 11.9 Å². The van der Waals surface area contributed by atoms with Crippen molar-refractivity contribution in [1.29, 1.82) is 0 Å². The smallest absolute Gasteiger partial charge is 0.250 e. The lowest BCUT2D eigenvalue weighted by Gasteiger charge is -2.39. The lowest BCUT2D eigenvalue weighted by atomic mass is 10.1. The van der Waals surface area contributed by atoms with Crippen molar-refractivity contribution in [3.8, 4) is 22.1 Å². The van der Waals surface area contributed by atoms with Crippen LogP contribution in [-0.4, -0.2) is 54.3 Å². The van der Waals surface area contributed by atoms with Crippen LogP contribution in [0.2, 0.25) is 0 Å². The first-order valence-electron chi connectivity index (χ1n) is 9.05. The predicted octanol–water partition coefficient (Wildman–Crippen LogP) is 2.61. The van der Waals surface area contributed by atoms with Crippen LogP contribution < -0.4 is 9.80 Å². The van der Waals surface area contributed by atoms with Gasteiger partial charge in [0.15, 0.2) is 11.6 Å². The summed E-state index contributed by atoms with van der Waals surface area (Å²) in [7, 11) is 1.75. The number of H-pyrrole nitrogens is 2. The van der Waals surface area contributed by atoms with Crippen LogP contribution in [0.5, 0.6) is 0 Å². The summed E-state index contributed by atoms with van der Waals surface area (Å²) in [5, 5.41) is 16.7. The van der Waals surface area contributed by atoms with Gasteiger partial charge in [0.25, 0.3) is 0 Å². The Labute approximate surface area is 169 Å². The fraction of sp³-hybridized carbons (Fsp3) is 0.222. The minimum absolute atomic E-state index is 0.00987. The van der Waals surface area contributed by atoms with Crippen molar-refractivity contribution >= 4 is 34.4 Å². The summed E-state index contributed by atoms with van der Waals surface area (Å²) in [6.07, 6.45) is 9.18. The summed E-state index contributed by atoms with van der Waals surface area (Å²) >= 11 is 1.51. The van der Waals surface area contributed by atoms with E-state index in [4.69, 9.17) is 4.98 Å². The van der Waals surface area contributed by atoms with Crippen molar-refractivity contribution in [3.63, 3.8) is 0 Å². The van der Waals surface area contributed by atoms with E-state index >= 15 is 0 Å². The van der Waals surface area contributed by atoms with E-state index in [2.05, 4.69) is 30.4 Å². The van der Waals surface area contributed by atoms with Crippen molar-refractivity contribution < 1.29 is 4.79 Å². The number of nitrogens with zero attached hydrogens (tertiary/aromatic N) is 7.